The smallest absolute Gasteiger partial charge is 0.258 e. The molecule has 0 radical (unpaired) electrons. The molecule has 6 rings (SSSR count). The number of fused-ring (bicyclic) bond motifs is 2. The number of aromatic nitrogens is 3. The summed E-state index contributed by atoms with van der Waals surface area (Å²) in [5.74, 6) is 2.32. The molecule has 0 saturated heterocycles. The van der Waals surface area contributed by atoms with Crippen molar-refractivity contribution >= 4 is 51.5 Å². The van der Waals surface area contributed by atoms with E-state index in [0.29, 0.717) is 39.9 Å². The number of amides is 1. The Bertz CT molecular complexity index is 1430. The van der Waals surface area contributed by atoms with Gasteiger partial charge in [0.25, 0.3) is 5.89 Å². The average molecular weight is 524 g/mol. The molecular formula is C26H23Cl2N5O3. The number of carbonyl (C=O) groups is 1. The molecule has 1 fully saturated rings. The van der Waals surface area contributed by atoms with Crippen LogP contribution in [0.25, 0.3) is 10.9 Å². The summed E-state index contributed by atoms with van der Waals surface area (Å²) in [6.45, 7) is 0.512. The summed E-state index contributed by atoms with van der Waals surface area (Å²) in [5.41, 5.74) is 1.64. The molecule has 0 unspecified atom stereocenters. The zero-order valence-corrected chi connectivity index (χ0v) is 20.7. The van der Waals surface area contributed by atoms with Crippen molar-refractivity contribution in [3.05, 3.63) is 70.4 Å². The predicted octanol–water partition coefficient (Wildman–Crippen LogP) is 6.38. The van der Waals surface area contributed by atoms with E-state index < -0.39 is 0 Å². The zero-order chi connectivity index (χ0) is 24.6. The molecular weight excluding hydrogens is 501 g/mol. The monoisotopic (exact) mass is 523 g/mol. The molecule has 2 aromatic heterocycles. The highest BCUT2D eigenvalue weighted by atomic mass is 35.5. The number of rotatable bonds is 4. The van der Waals surface area contributed by atoms with Crippen LogP contribution in [0, 0.1) is 5.92 Å². The first-order chi connectivity index (χ1) is 17.5. The summed E-state index contributed by atoms with van der Waals surface area (Å²) in [6.07, 6.45) is 2.72. The maximum Gasteiger partial charge on any atom is 0.258 e. The molecule has 1 aliphatic heterocycles. The van der Waals surface area contributed by atoms with E-state index in [1.54, 1.807) is 18.2 Å². The number of nitrogens with zero attached hydrogens (tertiary/aromatic N) is 3. The number of nitrogens with one attached hydrogen (secondary N) is 2. The molecule has 1 amide bonds. The largest absolute Gasteiger partial charge is 0.477 e. The fraction of sp³-hybridized carbons (Fsp3) is 0.308. The van der Waals surface area contributed by atoms with Crippen LogP contribution < -0.4 is 15.4 Å². The first-order valence-electron chi connectivity index (χ1n) is 11.9. The minimum Gasteiger partial charge on any atom is -0.477 e. The third kappa shape index (κ3) is 4.70. The van der Waals surface area contributed by atoms with Crippen molar-refractivity contribution in [2.24, 2.45) is 5.92 Å². The third-order valence-corrected chi connectivity index (χ3v) is 7.24. The van der Waals surface area contributed by atoms with Crippen LogP contribution in [-0.2, 0) is 4.79 Å². The number of hydrogen-bond donors (Lipinski definition) is 2. The molecule has 36 heavy (non-hydrogen) atoms. The van der Waals surface area contributed by atoms with Gasteiger partial charge in [-0.2, -0.15) is 0 Å². The molecule has 8 nitrogen and oxygen atoms in total. The highest BCUT2D eigenvalue weighted by Crippen LogP contribution is 2.38. The first kappa shape index (κ1) is 23.1. The second kappa shape index (κ2) is 9.59. The lowest BCUT2D eigenvalue weighted by Gasteiger charge is -2.26. The zero-order valence-electron chi connectivity index (χ0n) is 19.2. The molecule has 10 heteroatoms. The van der Waals surface area contributed by atoms with Crippen molar-refractivity contribution < 1.29 is 13.9 Å². The van der Waals surface area contributed by atoms with E-state index in [2.05, 4.69) is 25.8 Å². The first-order valence-corrected chi connectivity index (χ1v) is 12.7. The van der Waals surface area contributed by atoms with Crippen LogP contribution in [0.3, 0.4) is 0 Å². The van der Waals surface area contributed by atoms with Gasteiger partial charge in [-0.15, -0.1) is 10.2 Å². The van der Waals surface area contributed by atoms with Crippen LogP contribution in [-0.4, -0.2) is 27.6 Å². The van der Waals surface area contributed by atoms with Crippen LogP contribution in [0.2, 0.25) is 10.0 Å². The molecule has 4 aromatic rings. The van der Waals surface area contributed by atoms with Gasteiger partial charge in [-0.3, -0.25) is 4.79 Å². The number of pyridine rings is 1. The van der Waals surface area contributed by atoms with Gasteiger partial charge in [-0.05, 0) is 74.2 Å². The Morgan fingerprint density at radius 3 is 2.58 bits per heavy atom. The predicted molar refractivity (Wildman–Crippen MR) is 138 cm³/mol. The van der Waals surface area contributed by atoms with Gasteiger partial charge in [0.15, 0.2) is 6.10 Å². The second-order valence-corrected chi connectivity index (χ2v) is 10.1. The Kier molecular flexibility index (Phi) is 6.15. The quantitative estimate of drug-likeness (QED) is 0.319. The van der Waals surface area contributed by atoms with Crippen molar-refractivity contribution in [3.63, 3.8) is 0 Å². The van der Waals surface area contributed by atoms with Gasteiger partial charge in [-0.25, -0.2) is 4.98 Å². The van der Waals surface area contributed by atoms with Crippen LogP contribution in [0.1, 0.15) is 49.5 Å². The molecule has 3 heterocycles. The second-order valence-electron chi connectivity index (χ2n) is 9.18. The Morgan fingerprint density at radius 1 is 0.944 bits per heavy atom. The maximum atomic E-state index is 12.9. The molecule has 1 atom stereocenters. The highest BCUT2D eigenvalue weighted by molar-refractivity contribution is 6.31. The Morgan fingerprint density at radius 2 is 1.72 bits per heavy atom. The Labute approximate surface area is 217 Å². The molecule has 1 saturated carbocycles. The molecule has 184 valence electrons. The molecule has 2 aliphatic rings. The van der Waals surface area contributed by atoms with Crippen molar-refractivity contribution in [2.75, 3.05) is 17.2 Å². The molecule has 0 bridgehead atoms. The van der Waals surface area contributed by atoms with Gasteiger partial charge < -0.3 is 19.8 Å². The SMILES string of the molecule is O=C(Nc1ccc2cc(Cl)ccc2n1)[C@H]1CC[C@H](c2nnc([C@@H]3CNc4cc(Cl)ccc4O3)o2)CC1. The Balaban J connectivity index is 1.05. The van der Waals surface area contributed by atoms with Crippen LogP contribution in [0.4, 0.5) is 11.5 Å². The average Bonchev–Trinajstić information content (AvgIpc) is 3.39. The number of carbonyl (C=O) groups excluding carboxylic acids is 1. The number of benzene rings is 2. The van der Waals surface area contributed by atoms with E-state index in [9.17, 15) is 4.79 Å². The van der Waals surface area contributed by atoms with Crippen LogP contribution >= 0.6 is 23.2 Å². The van der Waals surface area contributed by atoms with Crippen molar-refractivity contribution in [2.45, 2.75) is 37.7 Å². The van der Waals surface area contributed by atoms with Gasteiger partial charge in [0.1, 0.15) is 11.6 Å². The molecule has 0 spiro atoms. The summed E-state index contributed by atoms with van der Waals surface area (Å²) in [4.78, 5) is 17.4. The summed E-state index contributed by atoms with van der Waals surface area (Å²) in [7, 11) is 0. The summed E-state index contributed by atoms with van der Waals surface area (Å²) >= 11 is 12.1. The number of hydrogen-bond acceptors (Lipinski definition) is 7. The van der Waals surface area contributed by atoms with Gasteiger partial charge in [0.2, 0.25) is 11.8 Å². The van der Waals surface area contributed by atoms with Crippen molar-refractivity contribution in [1.82, 2.24) is 15.2 Å². The van der Waals surface area contributed by atoms with E-state index >= 15 is 0 Å². The lowest BCUT2D eigenvalue weighted by atomic mass is 9.81. The van der Waals surface area contributed by atoms with Gasteiger partial charge in [0.05, 0.1) is 17.7 Å². The van der Waals surface area contributed by atoms with E-state index in [-0.39, 0.29) is 23.8 Å². The summed E-state index contributed by atoms with van der Waals surface area (Å²) < 4.78 is 12.0. The van der Waals surface area contributed by atoms with Gasteiger partial charge >= 0.3 is 0 Å². The van der Waals surface area contributed by atoms with Gasteiger partial charge in [-0.1, -0.05) is 23.2 Å². The minimum atomic E-state index is -0.368. The van der Waals surface area contributed by atoms with E-state index in [4.69, 9.17) is 32.4 Å². The highest BCUT2D eigenvalue weighted by Gasteiger charge is 2.32. The topological polar surface area (TPSA) is 102 Å². The van der Waals surface area contributed by atoms with Crippen LogP contribution in [0.15, 0.2) is 52.9 Å². The lowest BCUT2D eigenvalue weighted by molar-refractivity contribution is -0.120. The van der Waals surface area contributed by atoms with Crippen LogP contribution in [0.5, 0.6) is 5.75 Å². The lowest BCUT2D eigenvalue weighted by Crippen LogP contribution is -2.27. The molecule has 2 aromatic carbocycles. The fourth-order valence-corrected chi connectivity index (χ4v) is 5.17. The number of halogens is 2. The normalized spacial score (nSPS) is 21.3. The van der Waals surface area contributed by atoms with Crippen molar-refractivity contribution in [3.8, 4) is 5.75 Å². The fourth-order valence-electron chi connectivity index (χ4n) is 4.82. The van der Waals surface area contributed by atoms with Gasteiger partial charge in [0, 0.05) is 27.3 Å². The number of ether oxygens (including phenoxy) is 1. The maximum absolute atomic E-state index is 12.9. The van der Waals surface area contributed by atoms with E-state index in [1.807, 2.05) is 30.3 Å². The molecule has 1 aliphatic carbocycles. The molecule has 2 N–H and O–H groups in total. The number of anilines is 2. The van der Waals surface area contributed by atoms with Crippen molar-refractivity contribution in [1.29, 1.82) is 0 Å². The third-order valence-electron chi connectivity index (χ3n) is 6.77. The van der Waals surface area contributed by atoms with E-state index in [1.165, 1.54) is 0 Å². The van der Waals surface area contributed by atoms with E-state index in [0.717, 1.165) is 42.3 Å². The standard InChI is InChI=1S/C26H23Cl2N5O3/c27-17-6-8-19-16(11-17)5-10-23(30-19)31-24(34)14-1-3-15(4-2-14)25-32-33-26(36-25)22-13-29-20-12-18(28)7-9-21(20)35-22/h5-12,14-15,22,29H,1-4,13H2,(H,30,31,34)/t14-,15-,22-/m0/s1. The Hall–Kier alpha value is -3.36. The summed E-state index contributed by atoms with van der Waals surface area (Å²) in [6, 6.07) is 14.6. The minimum absolute atomic E-state index is 0.0130. The summed E-state index contributed by atoms with van der Waals surface area (Å²) in [5, 5.41) is 17.0.